The second-order valence-corrected chi connectivity index (χ2v) is 6.54. The molecule has 112 valence electrons. The first kappa shape index (κ1) is 15.2. The molecule has 0 spiro atoms. The lowest BCUT2D eigenvalue weighted by Crippen LogP contribution is -2.63. The van der Waals surface area contributed by atoms with Crippen LogP contribution in [0.25, 0.3) is 0 Å². The van der Waals surface area contributed by atoms with E-state index in [0.29, 0.717) is 6.04 Å². The van der Waals surface area contributed by atoms with E-state index in [1.165, 1.54) is 19.4 Å². The lowest BCUT2D eigenvalue weighted by molar-refractivity contribution is 0.0217. The summed E-state index contributed by atoms with van der Waals surface area (Å²) in [5.41, 5.74) is 0.251. The van der Waals surface area contributed by atoms with Crippen LogP contribution in [0.4, 0.5) is 0 Å². The number of piperazine rings is 1. The van der Waals surface area contributed by atoms with Gasteiger partial charge in [0.05, 0.1) is 6.61 Å². The summed E-state index contributed by atoms with van der Waals surface area (Å²) in [5, 5.41) is 3.72. The molecule has 1 heterocycles. The van der Waals surface area contributed by atoms with E-state index in [0.717, 1.165) is 45.2 Å². The molecule has 2 fully saturated rings. The Bertz CT molecular complexity index is 267. The number of hydrogen-bond donors (Lipinski definition) is 1. The van der Waals surface area contributed by atoms with Gasteiger partial charge in [0.1, 0.15) is 0 Å². The summed E-state index contributed by atoms with van der Waals surface area (Å²) in [7, 11) is 1.74. The van der Waals surface area contributed by atoms with Gasteiger partial charge in [0.25, 0.3) is 0 Å². The first-order valence-corrected chi connectivity index (χ1v) is 7.68. The number of hydrogen-bond acceptors (Lipinski definition) is 4. The summed E-state index contributed by atoms with van der Waals surface area (Å²) < 4.78 is 10.7. The van der Waals surface area contributed by atoms with Crippen molar-refractivity contribution in [3.8, 4) is 0 Å². The van der Waals surface area contributed by atoms with Crippen LogP contribution in [-0.2, 0) is 9.47 Å². The number of nitrogens with one attached hydrogen (secondary N) is 1. The fourth-order valence-corrected chi connectivity index (χ4v) is 2.83. The predicted octanol–water partition coefficient (Wildman–Crippen LogP) is 1.50. The molecule has 0 aromatic rings. The number of rotatable bonds is 8. The second-order valence-electron chi connectivity index (χ2n) is 6.54. The molecule has 1 aliphatic heterocycles. The summed E-state index contributed by atoms with van der Waals surface area (Å²) >= 11 is 0. The molecule has 4 nitrogen and oxygen atoms in total. The molecule has 2 aliphatic rings. The van der Waals surface area contributed by atoms with Crippen LogP contribution >= 0.6 is 0 Å². The quantitative estimate of drug-likeness (QED) is 0.678. The maximum Gasteiger partial charge on any atom is 0.0593 e. The summed E-state index contributed by atoms with van der Waals surface area (Å²) in [6.45, 7) is 10.4. The van der Waals surface area contributed by atoms with E-state index in [1.54, 1.807) is 7.11 Å². The van der Waals surface area contributed by atoms with Gasteiger partial charge < -0.3 is 14.8 Å². The largest absolute Gasteiger partial charge is 0.385 e. The van der Waals surface area contributed by atoms with Gasteiger partial charge in [0.15, 0.2) is 0 Å². The van der Waals surface area contributed by atoms with Crippen LogP contribution in [0.5, 0.6) is 0 Å². The number of methoxy groups -OCH3 is 1. The highest BCUT2D eigenvalue weighted by Crippen LogP contribution is 2.35. The Balaban J connectivity index is 1.66. The van der Waals surface area contributed by atoms with Crippen molar-refractivity contribution in [2.45, 2.75) is 44.7 Å². The first-order chi connectivity index (χ1) is 9.13. The molecule has 1 unspecified atom stereocenters. The molecule has 1 atom stereocenters. The second kappa shape index (κ2) is 7.02. The number of nitrogens with zero attached hydrogens (tertiary/aromatic N) is 1. The van der Waals surface area contributed by atoms with Crippen LogP contribution < -0.4 is 5.32 Å². The minimum atomic E-state index is 0.251. The molecule has 0 amide bonds. The summed E-state index contributed by atoms with van der Waals surface area (Å²) in [6, 6.07) is 0.710. The summed E-state index contributed by atoms with van der Waals surface area (Å²) in [4.78, 5) is 2.60. The third-order valence-electron chi connectivity index (χ3n) is 4.40. The molecule has 2 rings (SSSR count). The van der Waals surface area contributed by atoms with Crippen molar-refractivity contribution >= 4 is 0 Å². The van der Waals surface area contributed by atoms with Gasteiger partial charge in [0, 0.05) is 51.5 Å². The Kier molecular flexibility index (Phi) is 5.63. The van der Waals surface area contributed by atoms with Crippen molar-refractivity contribution in [2.75, 3.05) is 46.6 Å². The van der Waals surface area contributed by atoms with Gasteiger partial charge in [-0.05, 0) is 39.0 Å². The molecule has 0 aromatic heterocycles. The van der Waals surface area contributed by atoms with E-state index in [1.807, 2.05) is 0 Å². The Labute approximate surface area is 117 Å². The minimum Gasteiger partial charge on any atom is -0.385 e. The van der Waals surface area contributed by atoms with Gasteiger partial charge in [-0.15, -0.1) is 0 Å². The van der Waals surface area contributed by atoms with Crippen LogP contribution in [0.2, 0.25) is 0 Å². The molecule has 0 radical (unpaired) electrons. The molecule has 0 bridgehead atoms. The zero-order chi connectivity index (χ0) is 13.7. The molecule has 0 aromatic carbocycles. The van der Waals surface area contributed by atoms with Crippen LogP contribution in [0.1, 0.15) is 33.1 Å². The van der Waals surface area contributed by atoms with Gasteiger partial charge in [-0.2, -0.15) is 0 Å². The lowest BCUT2D eigenvalue weighted by atomic mass is 9.96. The zero-order valence-corrected chi connectivity index (χ0v) is 12.8. The SMILES string of the molecule is COCCCOCCN1CC(C2CC2)NCC1(C)C. The molecule has 1 saturated heterocycles. The fourth-order valence-electron chi connectivity index (χ4n) is 2.83. The van der Waals surface area contributed by atoms with Crippen molar-refractivity contribution in [2.24, 2.45) is 5.92 Å². The molecule has 4 heteroatoms. The summed E-state index contributed by atoms with van der Waals surface area (Å²) in [5.74, 6) is 0.932. The van der Waals surface area contributed by atoms with Gasteiger partial charge in [-0.25, -0.2) is 0 Å². The minimum absolute atomic E-state index is 0.251. The van der Waals surface area contributed by atoms with E-state index in [-0.39, 0.29) is 5.54 Å². The van der Waals surface area contributed by atoms with Crippen LogP contribution in [0, 0.1) is 5.92 Å². The standard InChI is InChI=1S/C15H30N2O2/c1-15(2)12-16-14(13-5-6-13)11-17(15)7-10-19-9-4-8-18-3/h13-14,16H,4-12H2,1-3H3. The zero-order valence-electron chi connectivity index (χ0n) is 12.8. The Morgan fingerprint density at radius 3 is 2.68 bits per heavy atom. The third-order valence-corrected chi connectivity index (χ3v) is 4.40. The molecule has 1 aliphatic carbocycles. The van der Waals surface area contributed by atoms with E-state index in [9.17, 15) is 0 Å². The molecular formula is C15H30N2O2. The fraction of sp³-hybridized carbons (Fsp3) is 1.00. The van der Waals surface area contributed by atoms with E-state index >= 15 is 0 Å². The van der Waals surface area contributed by atoms with Crippen LogP contribution in [-0.4, -0.2) is 63.0 Å². The monoisotopic (exact) mass is 270 g/mol. The Morgan fingerprint density at radius 1 is 1.21 bits per heavy atom. The van der Waals surface area contributed by atoms with Crippen molar-refractivity contribution in [3.05, 3.63) is 0 Å². The molecule has 19 heavy (non-hydrogen) atoms. The van der Waals surface area contributed by atoms with Crippen LogP contribution in [0.3, 0.4) is 0 Å². The summed E-state index contributed by atoms with van der Waals surface area (Å²) in [6.07, 6.45) is 3.82. The smallest absolute Gasteiger partial charge is 0.0593 e. The first-order valence-electron chi connectivity index (χ1n) is 7.68. The predicted molar refractivity (Wildman–Crippen MR) is 77.5 cm³/mol. The highest BCUT2D eigenvalue weighted by atomic mass is 16.5. The average Bonchev–Trinajstić information content (AvgIpc) is 3.19. The Morgan fingerprint density at radius 2 is 2.00 bits per heavy atom. The van der Waals surface area contributed by atoms with Gasteiger partial charge in [-0.3, -0.25) is 4.90 Å². The molecule has 1 N–H and O–H groups in total. The normalized spacial score (nSPS) is 27.6. The highest BCUT2D eigenvalue weighted by Gasteiger charge is 2.39. The maximum absolute atomic E-state index is 5.70. The Hall–Kier alpha value is -0.160. The highest BCUT2D eigenvalue weighted by molar-refractivity contribution is 4.98. The van der Waals surface area contributed by atoms with Gasteiger partial charge in [0.2, 0.25) is 0 Å². The van der Waals surface area contributed by atoms with Crippen molar-refractivity contribution in [1.82, 2.24) is 10.2 Å². The molecular weight excluding hydrogens is 240 g/mol. The van der Waals surface area contributed by atoms with Gasteiger partial charge in [-0.1, -0.05) is 0 Å². The average molecular weight is 270 g/mol. The third kappa shape index (κ3) is 4.71. The topological polar surface area (TPSA) is 33.7 Å². The lowest BCUT2D eigenvalue weighted by Gasteiger charge is -2.46. The van der Waals surface area contributed by atoms with Crippen LogP contribution in [0.15, 0.2) is 0 Å². The maximum atomic E-state index is 5.70. The van der Waals surface area contributed by atoms with Gasteiger partial charge >= 0.3 is 0 Å². The number of ether oxygens (including phenoxy) is 2. The van der Waals surface area contributed by atoms with Crippen molar-refractivity contribution in [3.63, 3.8) is 0 Å². The van der Waals surface area contributed by atoms with E-state index < -0.39 is 0 Å². The van der Waals surface area contributed by atoms with E-state index in [2.05, 4.69) is 24.1 Å². The van der Waals surface area contributed by atoms with Crippen molar-refractivity contribution in [1.29, 1.82) is 0 Å². The van der Waals surface area contributed by atoms with Crippen molar-refractivity contribution < 1.29 is 9.47 Å². The molecule has 1 saturated carbocycles. The van der Waals surface area contributed by atoms with E-state index in [4.69, 9.17) is 9.47 Å².